The third kappa shape index (κ3) is 3.95. The normalized spacial score (nSPS) is 13.1. The number of carbonyl (C=O) groups is 1. The van der Waals surface area contributed by atoms with E-state index in [1.807, 2.05) is 72.8 Å². The lowest BCUT2D eigenvalue weighted by molar-refractivity contribution is -0.121. The Morgan fingerprint density at radius 1 is 1.00 bits per heavy atom. The molecule has 2 heterocycles. The van der Waals surface area contributed by atoms with Crippen LogP contribution in [-0.2, 0) is 11.2 Å². The van der Waals surface area contributed by atoms with E-state index in [0.717, 1.165) is 16.5 Å². The van der Waals surface area contributed by atoms with Crippen LogP contribution in [0, 0.1) is 0 Å². The van der Waals surface area contributed by atoms with Crippen molar-refractivity contribution >= 4 is 16.8 Å². The summed E-state index contributed by atoms with van der Waals surface area (Å²) in [5, 5.41) is 14.9. The number of aromatic nitrogens is 1. The van der Waals surface area contributed by atoms with E-state index in [-0.39, 0.29) is 18.4 Å². The standard InChI is InChI=1S/C26H22N2O4/c29-23(13-8-17-5-2-1-3-6-17)28-24(19-10-12-21-22(15-19)32-16-31-21)20-11-9-18-7-4-14-27-25(18)26(20)30/h1-7,9-12,14-15,24,30H,8,13,16H2,(H,28,29)/t24-/m1/s1. The maximum Gasteiger partial charge on any atom is 0.231 e. The second-order valence-electron chi connectivity index (χ2n) is 7.68. The van der Waals surface area contributed by atoms with Crippen molar-refractivity contribution in [1.82, 2.24) is 10.3 Å². The van der Waals surface area contributed by atoms with E-state index >= 15 is 0 Å². The summed E-state index contributed by atoms with van der Waals surface area (Å²) in [7, 11) is 0. The monoisotopic (exact) mass is 426 g/mol. The summed E-state index contributed by atoms with van der Waals surface area (Å²) in [6, 6.07) is 22.3. The van der Waals surface area contributed by atoms with Crippen LogP contribution in [0.25, 0.3) is 10.9 Å². The summed E-state index contributed by atoms with van der Waals surface area (Å²) in [4.78, 5) is 17.2. The minimum absolute atomic E-state index is 0.0501. The summed E-state index contributed by atoms with van der Waals surface area (Å²) >= 11 is 0. The molecule has 0 saturated heterocycles. The predicted molar refractivity (Wildman–Crippen MR) is 121 cm³/mol. The number of amides is 1. The van der Waals surface area contributed by atoms with Crippen molar-refractivity contribution < 1.29 is 19.4 Å². The van der Waals surface area contributed by atoms with Crippen molar-refractivity contribution in [1.29, 1.82) is 0 Å². The maximum absolute atomic E-state index is 12.9. The maximum atomic E-state index is 12.9. The van der Waals surface area contributed by atoms with E-state index in [2.05, 4.69) is 10.3 Å². The molecule has 0 bridgehead atoms. The van der Waals surface area contributed by atoms with Crippen LogP contribution in [0.2, 0.25) is 0 Å². The molecule has 1 aliphatic rings. The zero-order valence-corrected chi connectivity index (χ0v) is 17.3. The topological polar surface area (TPSA) is 80.7 Å². The SMILES string of the molecule is O=C(CCc1ccccc1)N[C@H](c1ccc2c(c1)OCO2)c1ccc2cccnc2c1O. The van der Waals surface area contributed by atoms with Crippen LogP contribution in [-0.4, -0.2) is 22.8 Å². The molecule has 0 aliphatic carbocycles. The van der Waals surface area contributed by atoms with Crippen molar-refractivity contribution in [3.63, 3.8) is 0 Å². The van der Waals surface area contributed by atoms with Gasteiger partial charge in [-0.2, -0.15) is 0 Å². The van der Waals surface area contributed by atoms with Crippen LogP contribution in [0.3, 0.4) is 0 Å². The second kappa shape index (κ2) is 8.59. The van der Waals surface area contributed by atoms with Gasteiger partial charge in [0.25, 0.3) is 0 Å². The van der Waals surface area contributed by atoms with Gasteiger partial charge in [0.15, 0.2) is 11.5 Å². The Kier molecular flexibility index (Phi) is 5.34. The number of hydrogen-bond donors (Lipinski definition) is 2. The largest absolute Gasteiger partial charge is 0.505 e. The number of phenols is 1. The molecule has 0 fully saturated rings. The zero-order chi connectivity index (χ0) is 21.9. The molecule has 6 nitrogen and oxygen atoms in total. The molecule has 0 radical (unpaired) electrons. The Hall–Kier alpha value is -4.06. The van der Waals surface area contributed by atoms with Crippen LogP contribution < -0.4 is 14.8 Å². The Labute approximate surface area is 185 Å². The van der Waals surface area contributed by atoms with Crippen molar-refractivity contribution in [2.24, 2.45) is 0 Å². The van der Waals surface area contributed by atoms with E-state index in [1.54, 1.807) is 6.20 Å². The zero-order valence-electron chi connectivity index (χ0n) is 17.3. The lowest BCUT2D eigenvalue weighted by Gasteiger charge is -2.22. The molecule has 1 aromatic heterocycles. The highest BCUT2D eigenvalue weighted by molar-refractivity contribution is 5.86. The van der Waals surface area contributed by atoms with E-state index in [0.29, 0.717) is 35.4 Å². The molecule has 1 atom stereocenters. The molecule has 1 amide bonds. The average Bonchev–Trinajstić information content (AvgIpc) is 3.31. The number of nitrogens with zero attached hydrogens (tertiary/aromatic N) is 1. The van der Waals surface area contributed by atoms with E-state index in [1.165, 1.54) is 0 Å². The average molecular weight is 426 g/mol. The summed E-state index contributed by atoms with van der Waals surface area (Å²) in [6.45, 7) is 0.165. The fraction of sp³-hybridized carbons (Fsp3) is 0.154. The molecule has 6 heteroatoms. The van der Waals surface area contributed by atoms with Gasteiger partial charge in [0.2, 0.25) is 12.7 Å². The van der Waals surface area contributed by atoms with E-state index < -0.39 is 6.04 Å². The first-order valence-corrected chi connectivity index (χ1v) is 10.5. The number of carbonyl (C=O) groups excluding carboxylic acids is 1. The fourth-order valence-corrected chi connectivity index (χ4v) is 3.95. The van der Waals surface area contributed by atoms with Gasteiger partial charge in [0.05, 0.1) is 6.04 Å². The van der Waals surface area contributed by atoms with Crippen LogP contribution >= 0.6 is 0 Å². The molecule has 3 aromatic carbocycles. The molecular formula is C26H22N2O4. The van der Waals surface area contributed by atoms with Crippen molar-refractivity contribution in [3.05, 3.63) is 95.7 Å². The van der Waals surface area contributed by atoms with Gasteiger partial charge >= 0.3 is 0 Å². The number of hydrogen-bond acceptors (Lipinski definition) is 5. The van der Waals surface area contributed by atoms with Gasteiger partial charge in [-0.05, 0) is 35.7 Å². The fourth-order valence-electron chi connectivity index (χ4n) is 3.95. The first-order valence-electron chi connectivity index (χ1n) is 10.5. The lowest BCUT2D eigenvalue weighted by atomic mass is 9.95. The van der Waals surface area contributed by atoms with Crippen LogP contribution in [0.1, 0.15) is 29.2 Å². The smallest absolute Gasteiger partial charge is 0.231 e. The Bertz CT molecular complexity index is 1270. The van der Waals surface area contributed by atoms with Crippen molar-refractivity contribution in [3.8, 4) is 17.2 Å². The van der Waals surface area contributed by atoms with Gasteiger partial charge in [0.1, 0.15) is 11.3 Å². The Morgan fingerprint density at radius 2 is 1.84 bits per heavy atom. The Balaban J connectivity index is 1.48. The summed E-state index contributed by atoms with van der Waals surface area (Å²) < 4.78 is 10.9. The van der Waals surface area contributed by atoms with Crippen LogP contribution in [0.15, 0.2) is 79.0 Å². The molecular weight excluding hydrogens is 404 g/mol. The minimum Gasteiger partial charge on any atom is -0.505 e. The number of fused-ring (bicyclic) bond motifs is 2. The number of pyridine rings is 1. The van der Waals surface area contributed by atoms with Gasteiger partial charge in [-0.25, -0.2) is 0 Å². The van der Waals surface area contributed by atoms with E-state index in [4.69, 9.17) is 9.47 Å². The number of aromatic hydroxyl groups is 1. The van der Waals surface area contributed by atoms with E-state index in [9.17, 15) is 9.90 Å². The molecule has 160 valence electrons. The molecule has 32 heavy (non-hydrogen) atoms. The predicted octanol–water partition coefficient (Wildman–Crippen LogP) is 4.51. The minimum atomic E-state index is -0.570. The highest BCUT2D eigenvalue weighted by Gasteiger charge is 2.24. The number of rotatable bonds is 6. The summed E-state index contributed by atoms with van der Waals surface area (Å²) in [5.74, 6) is 1.21. The summed E-state index contributed by atoms with van der Waals surface area (Å²) in [5.41, 5.74) is 2.95. The highest BCUT2D eigenvalue weighted by Crippen LogP contribution is 2.39. The number of ether oxygens (including phenoxy) is 2. The first-order chi connectivity index (χ1) is 15.7. The Morgan fingerprint density at radius 3 is 2.72 bits per heavy atom. The first kappa shape index (κ1) is 19.9. The molecule has 5 rings (SSSR count). The number of aryl methyl sites for hydroxylation is 1. The molecule has 0 unspecified atom stereocenters. The number of phenolic OH excluding ortho intramolecular Hbond substituents is 1. The third-order valence-corrected chi connectivity index (χ3v) is 5.61. The van der Waals surface area contributed by atoms with Gasteiger partial charge in [-0.1, -0.05) is 54.6 Å². The summed E-state index contributed by atoms with van der Waals surface area (Å²) in [6.07, 6.45) is 2.60. The van der Waals surface area contributed by atoms with Gasteiger partial charge in [-0.15, -0.1) is 0 Å². The molecule has 1 aliphatic heterocycles. The van der Waals surface area contributed by atoms with Crippen molar-refractivity contribution in [2.45, 2.75) is 18.9 Å². The number of benzene rings is 3. The van der Waals surface area contributed by atoms with Crippen LogP contribution in [0.4, 0.5) is 0 Å². The molecule has 0 saturated carbocycles. The highest BCUT2D eigenvalue weighted by atomic mass is 16.7. The van der Waals surface area contributed by atoms with Crippen molar-refractivity contribution in [2.75, 3.05) is 6.79 Å². The van der Waals surface area contributed by atoms with Gasteiger partial charge in [0, 0.05) is 23.6 Å². The molecule has 2 N–H and O–H groups in total. The lowest BCUT2D eigenvalue weighted by Crippen LogP contribution is -2.29. The van der Waals surface area contributed by atoms with Crippen LogP contribution in [0.5, 0.6) is 17.2 Å². The van der Waals surface area contributed by atoms with Gasteiger partial charge < -0.3 is 19.9 Å². The van der Waals surface area contributed by atoms with Gasteiger partial charge in [-0.3, -0.25) is 9.78 Å². The molecule has 4 aromatic rings. The third-order valence-electron chi connectivity index (χ3n) is 5.61. The quantitative estimate of drug-likeness (QED) is 0.474. The molecule has 0 spiro atoms. The number of nitrogens with one attached hydrogen (secondary N) is 1. The second-order valence-corrected chi connectivity index (χ2v) is 7.68.